The quantitative estimate of drug-likeness (QED) is 0.860. The summed E-state index contributed by atoms with van der Waals surface area (Å²) in [5.41, 5.74) is -0.326. The Morgan fingerprint density at radius 2 is 1.83 bits per heavy atom. The average molecular weight is 340 g/mol. The monoisotopic (exact) mass is 340 g/mol. The Labute approximate surface area is 139 Å². The van der Waals surface area contributed by atoms with Crippen LogP contribution in [-0.2, 0) is 20.4 Å². The van der Waals surface area contributed by atoms with E-state index in [1.807, 2.05) is 20.8 Å². The first-order valence-corrected chi connectivity index (χ1v) is 9.54. The van der Waals surface area contributed by atoms with E-state index in [2.05, 4.69) is 10.3 Å². The molecule has 0 spiro atoms. The number of hydrogen-bond acceptors (Lipinski definition) is 5. The van der Waals surface area contributed by atoms with Crippen LogP contribution >= 0.6 is 0 Å². The van der Waals surface area contributed by atoms with Crippen LogP contribution in [0.2, 0.25) is 0 Å². The fourth-order valence-electron chi connectivity index (χ4n) is 2.28. The number of carbonyl (C=O) groups excluding carboxylic acids is 1. The second-order valence-electron chi connectivity index (χ2n) is 7.98. The molecule has 23 heavy (non-hydrogen) atoms. The van der Waals surface area contributed by atoms with E-state index in [1.165, 1.54) is 6.20 Å². The van der Waals surface area contributed by atoms with Gasteiger partial charge in [0.05, 0.1) is 17.5 Å². The number of carbonyl (C=O) groups is 1. The summed E-state index contributed by atoms with van der Waals surface area (Å²) in [6, 6.07) is 2.70. The van der Waals surface area contributed by atoms with Gasteiger partial charge in [0.15, 0.2) is 15.6 Å². The highest BCUT2D eigenvalue weighted by molar-refractivity contribution is 7.90. The van der Waals surface area contributed by atoms with Crippen LogP contribution in [0.3, 0.4) is 0 Å². The summed E-state index contributed by atoms with van der Waals surface area (Å²) < 4.78 is 25.0. The van der Waals surface area contributed by atoms with E-state index >= 15 is 0 Å². The molecule has 5 nitrogen and oxygen atoms in total. The van der Waals surface area contributed by atoms with Crippen LogP contribution in [0, 0.1) is 5.41 Å². The zero-order chi connectivity index (χ0) is 17.9. The molecule has 1 atom stereocenters. The van der Waals surface area contributed by atoms with Crippen molar-refractivity contribution < 1.29 is 13.2 Å². The van der Waals surface area contributed by atoms with Crippen molar-refractivity contribution >= 4 is 15.6 Å². The summed E-state index contributed by atoms with van der Waals surface area (Å²) in [7, 11) is -3.43. The van der Waals surface area contributed by atoms with Crippen LogP contribution in [0.4, 0.5) is 0 Å². The number of rotatable bonds is 6. The lowest BCUT2D eigenvalue weighted by Crippen LogP contribution is -2.53. The topological polar surface area (TPSA) is 76.1 Å². The van der Waals surface area contributed by atoms with Crippen molar-refractivity contribution in [3.8, 4) is 0 Å². The van der Waals surface area contributed by atoms with Crippen LogP contribution in [0.25, 0.3) is 0 Å². The molecule has 0 radical (unpaired) electrons. The lowest BCUT2D eigenvalue weighted by Gasteiger charge is -2.31. The Kier molecular flexibility index (Phi) is 6.10. The van der Waals surface area contributed by atoms with Crippen LogP contribution in [0.5, 0.6) is 0 Å². The van der Waals surface area contributed by atoms with Gasteiger partial charge in [0.1, 0.15) is 0 Å². The molecule has 1 heterocycles. The summed E-state index contributed by atoms with van der Waals surface area (Å²) in [6.45, 7) is 11.2. The first-order chi connectivity index (χ1) is 10.3. The summed E-state index contributed by atoms with van der Waals surface area (Å²) in [5, 5.41) is 3.16. The van der Waals surface area contributed by atoms with Crippen molar-refractivity contribution in [3.63, 3.8) is 0 Å². The largest absolute Gasteiger partial charge is 0.302 e. The van der Waals surface area contributed by atoms with Gasteiger partial charge in [0.25, 0.3) is 0 Å². The number of hydrogen-bond donors (Lipinski definition) is 1. The van der Waals surface area contributed by atoms with Crippen LogP contribution in [0.15, 0.2) is 24.5 Å². The molecule has 130 valence electrons. The maximum Gasteiger partial charge on any atom is 0.156 e. The fourth-order valence-corrected chi connectivity index (χ4v) is 3.82. The molecule has 0 aromatic carbocycles. The molecule has 1 unspecified atom stereocenters. The van der Waals surface area contributed by atoms with Gasteiger partial charge in [-0.1, -0.05) is 26.8 Å². The van der Waals surface area contributed by atoms with Gasteiger partial charge in [0, 0.05) is 23.3 Å². The zero-order valence-corrected chi connectivity index (χ0v) is 15.7. The minimum absolute atomic E-state index is 0.0952. The Bertz CT molecular complexity index is 626. The Morgan fingerprint density at radius 1 is 1.22 bits per heavy atom. The number of sulfone groups is 1. The number of nitrogens with one attached hydrogen (secondary N) is 1. The second kappa shape index (κ2) is 7.09. The second-order valence-corrected chi connectivity index (χ2v) is 10.1. The minimum Gasteiger partial charge on any atom is -0.302 e. The molecule has 0 saturated heterocycles. The lowest BCUT2D eigenvalue weighted by atomic mass is 9.86. The van der Waals surface area contributed by atoms with Crippen LogP contribution < -0.4 is 5.32 Å². The smallest absolute Gasteiger partial charge is 0.156 e. The maximum atomic E-state index is 12.6. The molecule has 1 aromatic heterocycles. The van der Waals surface area contributed by atoms with Crippen molar-refractivity contribution in [2.75, 3.05) is 5.75 Å². The third-order valence-electron chi connectivity index (χ3n) is 3.19. The van der Waals surface area contributed by atoms with E-state index in [-0.39, 0.29) is 22.8 Å². The number of ketones is 1. The highest BCUT2D eigenvalue weighted by Gasteiger charge is 2.35. The van der Waals surface area contributed by atoms with Crippen molar-refractivity contribution in [1.29, 1.82) is 0 Å². The summed E-state index contributed by atoms with van der Waals surface area (Å²) in [5.74, 6) is -0.419. The summed E-state index contributed by atoms with van der Waals surface area (Å²) >= 11 is 0. The number of aromatic nitrogens is 1. The van der Waals surface area contributed by atoms with E-state index in [0.29, 0.717) is 5.56 Å². The predicted octanol–water partition coefficient (Wildman–Crippen LogP) is 2.37. The van der Waals surface area contributed by atoms with Gasteiger partial charge < -0.3 is 5.32 Å². The molecule has 0 aliphatic heterocycles. The summed E-state index contributed by atoms with van der Waals surface area (Å²) in [4.78, 5) is 16.6. The average Bonchev–Trinajstić information content (AvgIpc) is 2.34. The van der Waals surface area contributed by atoms with E-state index < -0.39 is 21.3 Å². The number of Topliss-reactive ketones (excluding diaryl/α,β-unsaturated/α-hetero) is 1. The molecule has 6 heteroatoms. The molecule has 0 saturated carbocycles. The van der Waals surface area contributed by atoms with Gasteiger partial charge in [-0.15, -0.1) is 0 Å². The Hall–Kier alpha value is -1.27. The minimum atomic E-state index is -3.43. The molecule has 0 aliphatic rings. The molecule has 1 rings (SSSR count). The van der Waals surface area contributed by atoms with Gasteiger partial charge in [-0.3, -0.25) is 9.78 Å². The Balaban J connectivity index is 2.97. The fraction of sp³-hybridized carbons (Fsp3) is 0.647. The SMILES string of the molecule is CC(C)(C)NC(CS(=O)(=O)Cc1cccnc1)C(=O)C(C)(C)C. The van der Waals surface area contributed by atoms with E-state index in [9.17, 15) is 13.2 Å². The summed E-state index contributed by atoms with van der Waals surface area (Å²) in [6.07, 6.45) is 3.14. The maximum absolute atomic E-state index is 12.6. The first kappa shape index (κ1) is 19.8. The van der Waals surface area contributed by atoms with Crippen molar-refractivity contribution in [2.24, 2.45) is 5.41 Å². The molecule has 0 amide bonds. The molecular weight excluding hydrogens is 312 g/mol. The van der Waals surface area contributed by atoms with Gasteiger partial charge in [-0.25, -0.2) is 8.42 Å². The van der Waals surface area contributed by atoms with Crippen LogP contribution in [0.1, 0.15) is 47.1 Å². The van der Waals surface area contributed by atoms with E-state index in [4.69, 9.17) is 0 Å². The first-order valence-electron chi connectivity index (χ1n) is 7.71. The molecule has 0 bridgehead atoms. The molecule has 1 N–H and O–H groups in total. The lowest BCUT2D eigenvalue weighted by molar-refractivity contribution is -0.128. The van der Waals surface area contributed by atoms with E-state index in [1.54, 1.807) is 39.1 Å². The number of pyridine rings is 1. The predicted molar refractivity (Wildman–Crippen MR) is 92.9 cm³/mol. The Morgan fingerprint density at radius 3 is 2.26 bits per heavy atom. The van der Waals surface area contributed by atoms with E-state index in [0.717, 1.165) is 0 Å². The van der Waals surface area contributed by atoms with Gasteiger partial charge >= 0.3 is 0 Å². The van der Waals surface area contributed by atoms with Gasteiger partial charge in [0.2, 0.25) is 0 Å². The van der Waals surface area contributed by atoms with Crippen molar-refractivity contribution in [2.45, 2.75) is 58.9 Å². The molecule has 0 aliphatic carbocycles. The highest BCUT2D eigenvalue weighted by Crippen LogP contribution is 2.20. The normalized spacial score (nSPS) is 14.5. The molecule has 0 fully saturated rings. The third kappa shape index (κ3) is 7.22. The van der Waals surface area contributed by atoms with Gasteiger partial charge in [-0.2, -0.15) is 0 Å². The van der Waals surface area contributed by atoms with Crippen molar-refractivity contribution in [3.05, 3.63) is 30.1 Å². The standard InChI is InChI=1S/C17H28N2O3S/c1-16(2,3)15(20)14(19-17(4,5)6)12-23(21,22)11-13-8-7-9-18-10-13/h7-10,14,19H,11-12H2,1-6H3. The third-order valence-corrected chi connectivity index (χ3v) is 4.81. The number of nitrogens with zero attached hydrogens (tertiary/aromatic N) is 1. The highest BCUT2D eigenvalue weighted by atomic mass is 32.2. The molecule has 1 aromatic rings. The van der Waals surface area contributed by atoms with Crippen molar-refractivity contribution in [1.82, 2.24) is 10.3 Å². The zero-order valence-electron chi connectivity index (χ0n) is 14.9. The molecular formula is C17H28N2O3S. The van der Waals surface area contributed by atoms with Crippen LogP contribution in [-0.4, -0.2) is 36.5 Å². The van der Waals surface area contributed by atoms with Gasteiger partial charge in [-0.05, 0) is 32.4 Å².